The molecule has 4 nitrogen and oxygen atoms in total. The SMILES string of the molecule is CCCCN(C)C(=O)c1ccc(NCC)cn1. The molecule has 0 atom stereocenters. The van der Waals surface area contributed by atoms with Crippen molar-refractivity contribution < 1.29 is 4.79 Å². The summed E-state index contributed by atoms with van der Waals surface area (Å²) in [4.78, 5) is 17.9. The van der Waals surface area contributed by atoms with E-state index >= 15 is 0 Å². The third-order valence-corrected chi connectivity index (χ3v) is 2.56. The van der Waals surface area contributed by atoms with Gasteiger partial charge in [-0.25, -0.2) is 4.98 Å². The van der Waals surface area contributed by atoms with Crippen LogP contribution in [0.4, 0.5) is 5.69 Å². The summed E-state index contributed by atoms with van der Waals surface area (Å²) >= 11 is 0. The maximum Gasteiger partial charge on any atom is 0.272 e. The van der Waals surface area contributed by atoms with E-state index in [4.69, 9.17) is 0 Å². The first-order valence-electron chi connectivity index (χ1n) is 6.14. The number of amides is 1. The summed E-state index contributed by atoms with van der Waals surface area (Å²) in [5.41, 5.74) is 1.45. The maximum absolute atomic E-state index is 12.0. The molecule has 1 amide bonds. The number of carbonyl (C=O) groups is 1. The molecule has 0 aliphatic heterocycles. The quantitative estimate of drug-likeness (QED) is 0.823. The van der Waals surface area contributed by atoms with E-state index in [2.05, 4.69) is 17.2 Å². The average Bonchev–Trinajstić information content (AvgIpc) is 2.36. The molecule has 0 aromatic carbocycles. The molecule has 1 aromatic rings. The van der Waals surface area contributed by atoms with Crippen molar-refractivity contribution in [2.24, 2.45) is 0 Å². The Morgan fingerprint density at radius 1 is 1.41 bits per heavy atom. The summed E-state index contributed by atoms with van der Waals surface area (Å²) in [5, 5.41) is 3.15. The van der Waals surface area contributed by atoms with Crippen LogP contribution in [0.2, 0.25) is 0 Å². The molecule has 0 saturated carbocycles. The molecule has 0 saturated heterocycles. The summed E-state index contributed by atoms with van der Waals surface area (Å²) in [6.07, 6.45) is 3.81. The van der Waals surface area contributed by atoms with E-state index in [1.54, 1.807) is 17.2 Å². The Labute approximate surface area is 103 Å². The van der Waals surface area contributed by atoms with E-state index in [0.717, 1.165) is 31.6 Å². The van der Waals surface area contributed by atoms with Crippen LogP contribution in [0.1, 0.15) is 37.2 Å². The van der Waals surface area contributed by atoms with Crippen LogP contribution in [-0.2, 0) is 0 Å². The zero-order chi connectivity index (χ0) is 12.7. The molecule has 1 rings (SSSR count). The van der Waals surface area contributed by atoms with E-state index < -0.39 is 0 Å². The number of carbonyl (C=O) groups excluding carboxylic acids is 1. The summed E-state index contributed by atoms with van der Waals surface area (Å²) in [6.45, 7) is 5.77. The van der Waals surface area contributed by atoms with Gasteiger partial charge in [0.05, 0.1) is 11.9 Å². The summed E-state index contributed by atoms with van der Waals surface area (Å²) in [5.74, 6) is -0.0125. The van der Waals surface area contributed by atoms with Crippen molar-refractivity contribution in [2.75, 3.05) is 25.5 Å². The number of hydrogen-bond donors (Lipinski definition) is 1. The lowest BCUT2D eigenvalue weighted by molar-refractivity contribution is 0.0787. The Morgan fingerprint density at radius 3 is 2.71 bits per heavy atom. The predicted octanol–water partition coefficient (Wildman–Crippen LogP) is 2.39. The van der Waals surface area contributed by atoms with Crippen molar-refractivity contribution in [2.45, 2.75) is 26.7 Å². The van der Waals surface area contributed by atoms with Gasteiger partial charge in [0.2, 0.25) is 0 Å². The second kappa shape index (κ2) is 6.89. The summed E-state index contributed by atoms with van der Waals surface area (Å²) < 4.78 is 0. The topological polar surface area (TPSA) is 45.2 Å². The second-order valence-electron chi connectivity index (χ2n) is 4.04. The molecule has 94 valence electrons. The van der Waals surface area contributed by atoms with E-state index in [-0.39, 0.29) is 5.91 Å². The van der Waals surface area contributed by atoms with Crippen molar-refractivity contribution in [3.63, 3.8) is 0 Å². The average molecular weight is 235 g/mol. The molecule has 0 aliphatic carbocycles. The zero-order valence-electron chi connectivity index (χ0n) is 10.9. The minimum absolute atomic E-state index is 0.0125. The van der Waals surface area contributed by atoms with Gasteiger partial charge in [-0.05, 0) is 25.5 Å². The Hall–Kier alpha value is -1.58. The highest BCUT2D eigenvalue weighted by Crippen LogP contribution is 2.07. The first-order chi connectivity index (χ1) is 8.19. The van der Waals surface area contributed by atoms with Crippen molar-refractivity contribution >= 4 is 11.6 Å². The molecule has 0 unspecified atom stereocenters. The Kier molecular flexibility index (Phi) is 5.46. The fourth-order valence-electron chi connectivity index (χ4n) is 1.52. The van der Waals surface area contributed by atoms with Crippen LogP contribution in [0.25, 0.3) is 0 Å². The molecule has 0 radical (unpaired) electrons. The first-order valence-corrected chi connectivity index (χ1v) is 6.14. The van der Waals surface area contributed by atoms with Gasteiger partial charge >= 0.3 is 0 Å². The predicted molar refractivity (Wildman–Crippen MR) is 70.3 cm³/mol. The highest BCUT2D eigenvalue weighted by atomic mass is 16.2. The molecule has 1 heterocycles. The van der Waals surface area contributed by atoms with Gasteiger partial charge in [-0.2, -0.15) is 0 Å². The smallest absolute Gasteiger partial charge is 0.272 e. The van der Waals surface area contributed by atoms with Crippen LogP contribution in [0.15, 0.2) is 18.3 Å². The van der Waals surface area contributed by atoms with Gasteiger partial charge in [0.25, 0.3) is 5.91 Å². The normalized spacial score (nSPS) is 10.1. The summed E-state index contributed by atoms with van der Waals surface area (Å²) in [7, 11) is 1.82. The van der Waals surface area contributed by atoms with Gasteiger partial charge < -0.3 is 10.2 Å². The number of rotatable bonds is 6. The van der Waals surface area contributed by atoms with Crippen molar-refractivity contribution in [3.05, 3.63) is 24.0 Å². The molecule has 0 bridgehead atoms. The fourth-order valence-corrected chi connectivity index (χ4v) is 1.52. The molecule has 0 spiro atoms. The molecule has 17 heavy (non-hydrogen) atoms. The Morgan fingerprint density at radius 2 is 2.18 bits per heavy atom. The van der Waals surface area contributed by atoms with Crippen molar-refractivity contribution in [1.82, 2.24) is 9.88 Å². The van der Waals surface area contributed by atoms with E-state index in [1.165, 1.54) is 0 Å². The Balaban J connectivity index is 2.62. The van der Waals surface area contributed by atoms with E-state index in [1.807, 2.05) is 20.0 Å². The molecule has 1 aromatic heterocycles. The molecular weight excluding hydrogens is 214 g/mol. The van der Waals surface area contributed by atoms with Gasteiger partial charge in [0.1, 0.15) is 5.69 Å². The first kappa shape index (κ1) is 13.5. The number of aromatic nitrogens is 1. The number of pyridine rings is 1. The zero-order valence-corrected chi connectivity index (χ0v) is 10.9. The lowest BCUT2D eigenvalue weighted by Crippen LogP contribution is -2.28. The third kappa shape index (κ3) is 4.06. The lowest BCUT2D eigenvalue weighted by atomic mass is 10.2. The monoisotopic (exact) mass is 235 g/mol. The molecule has 1 N–H and O–H groups in total. The maximum atomic E-state index is 12.0. The van der Waals surface area contributed by atoms with E-state index in [0.29, 0.717) is 5.69 Å². The Bertz CT molecular complexity index is 348. The number of nitrogens with zero attached hydrogens (tertiary/aromatic N) is 2. The number of hydrogen-bond acceptors (Lipinski definition) is 3. The van der Waals surface area contributed by atoms with E-state index in [9.17, 15) is 4.79 Å². The minimum atomic E-state index is -0.0125. The second-order valence-corrected chi connectivity index (χ2v) is 4.04. The highest BCUT2D eigenvalue weighted by Gasteiger charge is 2.11. The third-order valence-electron chi connectivity index (χ3n) is 2.56. The van der Waals surface area contributed by atoms with Crippen LogP contribution in [0.3, 0.4) is 0 Å². The largest absolute Gasteiger partial charge is 0.384 e. The van der Waals surface area contributed by atoms with Crippen LogP contribution in [0, 0.1) is 0 Å². The lowest BCUT2D eigenvalue weighted by Gasteiger charge is -2.16. The van der Waals surface area contributed by atoms with Crippen molar-refractivity contribution in [3.8, 4) is 0 Å². The van der Waals surface area contributed by atoms with Gasteiger partial charge in [0, 0.05) is 20.1 Å². The van der Waals surface area contributed by atoms with Crippen LogP contribution >= 0.6 is 0 Å². The molecule has 0 fully saturated rings. The van der Waals surface area contributed by atoms with Gasteiger partial charge in [0.15, 0.2) is 0 Å². The fraction of sp³-hybridized carbons (Fsp3) is 0.538. The van der Waals surface area contributed by atoms with Gasteiger partial charge in [-0.1, -0.05) is 13.3 Å². The number of anilines is 1. The molecule has 0 aliphatic rings. The van der Waals surface area contributed by atoms with Gasteiger partial charge in [-0.15, -0.1) is 0 Å². The standard InChI is InChI=1S/C13H21N3O/c1-4-6-9-16(3)13(17)12-8-7-11(10-15-12)14-5-2/h7-8,10,14H,4-6,9H2,1-3H3. The molecule has 4 heteroatoms. The van der Waals surface area contributed by atoms with Crippen LogP contribution < -0.4 is 5.32 Å². The highest BCUT2D eigenvalue weighted by molar-refractivity contribution is 5.92. The number of nitrogens with one attached hydrogen (secondary N) is 1. The minimum Gasteiger partial charge on any atom is -0.384 e. The van der Waals surface area contributed by atoms with Crippen molar-refractivity contribution in [1.29, 1.82) is 0 Å². The number of unbranched alkanes of at least 4 members (excludes halogenated alkanes) is 1. The van der Waals surface area contributed by atoms with Gasteiger partial charge in [-0.3, -0.25) is 4.79 Å². The molecular formula is C13H21N3O. The van der Waals surface area contributed by atoms with Crippen LogP contribution in [0.5, 0.6) is 0 Å². The van der Waals surface area contributed by atoms with Crippen LogP contribution in [-0.4, -0.2) is 35.9 Å². The summed E-state index contributed by atoms with van der Waals surface area (Å²) in [6, 6.07) is 3.65.